The standard InChI is InChI=1S/C52H36N4O/c1-53-51(38-29-27-37(28-30-38)36-17-6-3-7-18-36)55-52(54-34-35-15-4-2-5-16-35)44-21-9-12-25-47(44)56-46-24-11-8-19-41(46)45-33-39(31-32-48(45)56)40-22-14-23-43-42-20-10-13-26-49(42)57-50(40)43/h2-33H,1,34H2. The molecule has 0 aliphatic heterocycles. The van der Waals surface area contributed by atoms with Crippen LogP contribution in [0.25, 0.3) is 71.7 Å². The number of aliphatic imine (C=N–C) groups is 3. The first kappa shape index (κ1) is 33.9. The minimum absolute atomic E-state index is 0.454. The van der Waals surface area contributed by atoms with Crippen molar-refractivity contribution in [2.24, 2.45) is 15.0 Å². The van der Waals surface area contributed by atoms with E-state index in [9.17, 15) is 0 Å². The van der Waals surface area contributed by atoms with Gasteiger partial charge in [0, 0.05) is 38.2 Å². The van der Waals surface area contributed by atoms with Gasteiger partial charge in [-0.3, -0.25) is 4.99 Å². The predicted molar refractivity (Wildman–Crippen MR) is 238 cm³/mol. The molecule has 0 saturated heterocycles. The lowest BCUT2D eigenvalue weighted by Crippen LogP contribution is -2.09. The van der Waals surface area contributed by atoms with Crippen LogP contribution in [0.3, 0.4) is 0 Å². The molecule has 10 aromatic rings. The summed E-state index contributed by atoms with van der Waals surface area (Å²) < 4.78 is 8.79. The molecular formula is C52H36N4O. The summed E-state index contributed by atoms with van der Waals surface area (Å²) in [6.45, 7) is 4.41. The van der Waals surface area contributed by atoms with Crippen LogP contribution in [0.15, 0.2) is 214 Å². The molecule has 0 aliphatic rings. The van der Waals surface area contributed by atoms with E-state index >= 15 is 0 Å². The van der Waals surface area contributed by atoms with Gasteiger partial charge in [-0.15, -0.1) is 0 Å². The molecule has 0 unspecified atom stereocenters. The molecule has 8 aromatic carbocycles. The van der Waals surface area contributed by atoms with Gasteiger partial charge in [-0.25, -0.2) is 9.98 Å². The molecule has 0 spiro atoms. The molecule has 0 N–H and O–H groups in total. The van der Waals surface area contributed by atoms with E-state index in [1.807, 2.05) is 66.7 Å². The Morgan fingerprint density at radius 3 is 1.98 bits per heavy atom. The van der Waals surface area contributed by atoms with Gasteiger partial charge >= 0.3 is 0 Å². The second-order valence-electron chi connectivity index (χ2n) is 14.0. The zero-order valence-electron chi connectivity index (χ0n) is 31.1. The molecule has 57 heavy (non-hydrogen) atoms. The van der Waals surface area contributed by atoms with Crippen LogP contribution < -0.4 is 0 Å². The van der Waals surface area contributed by atoms with Gasteiger partial charge in [0.05, 0.1) is 23.3 Å². The zero-order chi connectivity index (χ0) is 38.1. The summed E-state index contributed by atoms with van der Waals surface area (Å²) in [7, 11) is 0. The van der Waals surface area contributed by atoms with Crippen molar-refractivity contribution in [2.45, 2.75) is 6.54 Å². The normalized spacial score (nSPS) is 12.2. The van der Waals surface area contributed by atoms with Crippen molar-refractivity contribution in [2.75, 3.05) is 0 Å². The number of nitrogens with zero attached hydrogens (tertiary/aromatic N) is 4. The van der Waals surface area contributed by atoms with Crippen molar-refractivity contribution in [3.8, 4) is 27.9 Å². The maximum atomic E-state index is 6.46. The Kier molecular flexibility index (Phi) is 8.65. The lowest BCUT2D eigenvalue weighted by Gasteiger charge is -2.15. The Morgan fingerprint density at radius 2 is 1.16 bits per heavy atom. The van der Waals surface area contributed by atoms with E-state index in [2.05, 4.69) is 144 Å². The van der Waals surface area contributed by atoms with Gasteiger partial charge in [0.15, 0.2) is 11.7 Å². The average molecular weight is 733 g/mol. The van der Waals surface area contributed by atoms with E-state index in [-0.39, 0.29) is 0 Å². The molecule has 5 nitrogen and oxygen atoms in total. The van der Waals surface area contributed by atoms with E-state index in [0.717, 1.165) is 88.4 Å². The van der Waals surface area contributed by atoms with Crippen LogP contribution in [0, 0.1) is 0 Å². The summed E-state index contributed by atoms with van der Waals surface area (Å²) in [6.07, 6.45) is 0. The molecule has 5 heteroatoms. The SMILES string of the molecule is C=NC(=NC(=NCc1ccccc1)c1ccccc1-n1c2ccccc2c2cc(-c3cccc4c3oc3ccccc34)ccc21)c1ccc(-c2ccccc2)cc1. The molecule has 0 saturated carbocycles. The first-order valence-electron chi connectivity index (χ1n) is 19.1. The lowest BCUT2D eigenvalue weighted by molar-refractivity contribution is 0.670. The van der Waals surface area contributed by atoms with E-state index in [4.69, 9.17) is 14.4 Å². The summed E-state index contributed by atoms with van der Waals surface area (Å²) >= 11 is 0. The topological polar surface area (TPSA) is 55.1 Å². The minimum Gasteiger partial charge on any atom is -0.455 e. The van der Waals surface area contributed by atoms with E-state index in [1.54, 1.807) is 0 Å². The second kappa shape index (κ2) is 14.5. The van der Waals surface area contributed by atoms with Gasteiger partial charge in [0.1, 0.15) is 11.2 Å². The highest BCUT2D eigenvalue weighted by molar-refractivity contribution is 6.16. The summed E-state index contributed by atoms with van der Waals surface area (Å²) in [6, 6.07) is 67.2. The zero-order valence-corrected chi connectivity index (χ0v) is 31.1. The van der Waals surface area contributed by atoms with Crippen LogP contribution >= 0.6 is 0 Å². The number of fused-ring (bicyclic) bond motifs is 6. The van der Waals surface area contributed by atoms with Crippen molar-refractivity contribution in [1.82, 2.24) is 4.57 Å². The van der Waals surface area contributed by atoms with Crippen molar-refractivity contribution >= 4 is 62.1 Å². The number of furan rings is 1. The Labute approximate surface area is 330 Å². The molecule has 0 radical (unpaired) electrons. The van der Waals surface area contributed by atoms with Crippen molar-refractivity contribution in [3.63, 3.8) is 0 Å². The number of aromatic nitrogens is 1. The van der Waals surface area contributed by atoms with E-state index in [1.165, 1.54) is 0 Å². The third-order valence-corrected chi connectivity index (χ3v) is 10.6. The van der Waals surface area contributed by atoms with Crippen LogP contribution in [0.1, 0.15) is 16.7 Å². The lowest BCUT2D eigenvalue weighted by atomic mass is 10.0. The van der Waals surface area contributed by atoms with Crippen LogP contribution in [0.4, 0.5) is 0 Å². The quantitative estimate of drug-likeness (QED) is 0.119. The molecule has 270 valence electrons. The Hall–Kier alpha value is -7.63. The van der Waals surface area contributed by atoms with Gasteiger partial charge < -0.3 is 8.98 Å². The molecule has 10 rings (SSSR count). The Morgan fingerprint density at radius 1 is 0.509 bits per heavy atom. The van der Waals surface area contributed by atoms with Gasteiger partial charge in [0.25, 0.3) is 0 Å². The first-order chi connectivity index (χ1) is 28.2. The Balaban J connectivity index is 1.13. The summed E-state index contributed by atoms with van der Waals surface area (Å²) in [5.74, 6) is 1.07. The molecule has 0 atom stereocenters. The van der Waals surface area contributed by atoms with Crippen molar-refractivity contribution in [1.29, 1.82) is 0 Å². The smallest absolute Gasteiger partial charge is 0.161 e. The monoisotopic (exact) mass is 732 g/mol. The van der Waals surface area contributed by atoms with Gasteiger partial charge in [0.2, 0.25) is 0 Å². The van der Waals surface area contributed by atoms with Gasteiger partial charge in [-0.2, -0.15) is 0 Å². The molecule has 0 aliphatic carbocycles. The number of rotatable bonds is 7. The number of para-hydroxylation sites is 4. The van der Waals surface area contributed by atoms with Crippen LogP contribution in [-0.2, 0) is 6.54 Å². The fourth-order valence-electron chi connectivity index (χ4n) is 7.90. The number of hydrogen-bond donors (Lipinski definition) is 0. The van der Waals surface area contributed by atoms with Gasteiger partial charge in [-0.1, -0.05) is 158 Å². The average Bonchev–Trinajstić information content (AvgIpc) is 3.83. The van der Waals surface area contributed by atoms with E-state index in [0.29, 0.717) is 18.2 Å². The highest BCUT2D eigenvalue weighted by Gasteiger charge is 2.20. The molecular weight excluding hydrogens is 697 g/mol. The van der Waals surface area contributed by atoms with Crippen molar-refractivity contribution < 1.29 is 4.42 Å². The molecule has 2 heterocycles. The van der Waals surface area contributed by atoms with Crippen LogP contribution in [-0.4, -0.2) is 23.0 Å². The highest BCUT2D eigenvalue weighted by Crippen LogP contribution is 2.40. The van der Waals surface area contributed by atoms with Crippen LogP contribution in [0.2, 0.25) is 0 Å². The largest absolute Gasteiger partial charge is 0.455 e. The molecule has 0 bridgehead atoms. The summed E-state index contributed by atoms with van der Waals surface area (Å²) in [5, 5.41) is 4.53. The third-order valence-electron chi connectivity index (χ3n) is 10.6. The molecule has 0 amide bonds. The number of benzene rings is 8. The second-order valence-corrected chi connectivity index (χ2v) is 14.0. The summed E-state index contributed by atoms with van der Waals surface area (Å²) in [5.41, 5.74) is 12.2. The van der Waals surface area contributed by atoms with Crippen molar-refractivity contribution in [3.05, 3.63) is 211 Å². The predicted octanol–water partition coefficient (Wildman–Crippen LogP) is 13.1. The fourth-order valence-corrected chi connectivity index (χ4v) is 7.90. The van der Waals surface area contributed by atoms with Crippen LogP contribution in [0.5, 0.6) is 0 Å². The first-order valence-corrected chi connectivity index (χ1v) is 19.1. The van der Waals surface area contributed by atoms with Gasteiger partial charge in [-0.05, 0) is 65.4 Å². The Bertz CT molecular complexity index is 3150. The third kappa shape index (κ3) is 6.21. The maximum Gasteiger partial charge on any atom is 0.161 e. The number of hydrogen-bond acceptors (Lipinski definition) is 2. The fraction of sp³-hybridized carbons (Fsp3) is 0.0192. The molecule has 2 aromatic heterocycles. The number of amidine groups is 2. The molecule has 0 fully saturated rings. The summed E-state index contributed by atoms with van der Waals surface area (Å²) in [4.78, 5) is 14.8. The maximum absolute atomic E-state index is 6.46. The van der Waals surface area contributed by atoms with E-state index < -0.39 is 0 Å². The highest BCUT2D eigenvalue weighted by atomic mass is 16.3. The minimum atomic E-state index is 0.454.